The number of ether oxygens (including phenoxy) is 1. The van der Waals surface area contributed by atoms with Crippen LogP contribution in [0.25, 0.3) is 0 Å². The second-order valence-corrected chi connectivity index (χ2v) is 12.8. The lowest BCUT2D eigenvalue weighted by Crippen LogP contribution is -2.50. The van der Waals surface area contributed by atoms with E-state index in [1.54, 1.807) is 21.3 Å². The van der Waals surface area contributed by atoms with Crippen molar-refractivity contribution in [3.05, 3.63) is 30.1 Å². The summed E-state index contributed by atoms with van der Waals surface area (Å²) in [6, 6.07) is 5.82. The van der Waals surface area contributed by atoms with E-state index in [-0.39, 0.29) is 11.9 Å². The maximum absolute atomic E-state index is 12.3. The Morgan fingerprint density at radius 3 is 1.97 bits per heavy atom. The van der Waals surface area contributed by atoms with E-state index >= 15 is 0 Å². The highest BCUT2D eigenvalue weighted by atomic mass is 28.4. The molecule has 10 heteroatoms. The third kappa shape index (κ3) is 12.9. The van der Waals surface area contributed by atoms with Crippen molar-refractivity contribution in [3.63, 3.8) is 0 Å². The number of methoxy groups -OCH3 is 1. The molecule has 0 spiro atoms. The van der Waals surface area contributed by atoms with Crippen LogP contribution in [-0.4, -0.2) is 55.3 Å². The minimum atomic E-state index is -2.41. The number of carbonyl (C=O) groups excluding carboxylic acids is 2. The number of aromatic nitrogens is 1. The van der Waals surface area contributed by atoms with Crippen LogP contribution in [-0.2, 0) is 35.9 Å². The molecule has 0 saturated heterocycles. The van der Waals surface area contributed by atoms with Crippen molar-refractivity contribution in [1.29, 1.82) is 0 Å². The first-order chi connectivity index (χ1) is 17.8. The molecule has 1 heterocycles. The predicted octanol–water partition coefficient (Wildman–Crippen LogP) is 4.36. The summed E-state index contributed by atoms with van der Waals surface area (Å²) in [5, 5.41) is 5.57. The number of aryl methyl sites for hydroxylation is 1. The average molecular weight is 541 g/mol. The Hall–Kier alpha value is -2.01. The number of amides is 2. The third-order valence-corrected chi connectivity index (χ3v) is 9.52. The fraction of sp³-hybridized carbons (Fsp3) is 0.741. The lowest BCUT2D eigenvalue weighted by Gasteiger charge is -2.24. The van der Waals surface area contributed by atoms with Gasteiger partial charge < -0.3 is 28.6 Å². The van der Waals surface area contributed by atoms with Crippen molar-refractivity contribution < 1.29 is 32.2 Å². The van der Waals surface area contributed by atoms with Gasteiger partial charge >= 0.3 is 20.8 Å². The molecule has 1 atom stereocenters. The zero-order valence-electron chi connectivity index (χ0n) is 23.8. The van der Waals surface area contributed by atoms with Crippen LogP contribution in [0, 0.1) is 5.92 Å². The van der Waals surface area contributed by atoms with Gasteiger partial charge in [0.1, 0.15) is 19.1 Å². The Balaban J connectivity index is 2.24. The van der Waals surface area contributed by atoms with E-state index in [0.29, 0.717) is 6.54 Å². The van der Waals surface area contributed by atoms with Gasteiger partial charge in [0.15, 0.2) is 6.20 Å². The molecule has 0 unspecified atom stereocenters. The molecule has 212 valence electrons. The zero-order valence-corrected chi connectivity index (χ0v) is 24.8. The van der Waals surface area contributed by atoms with Gasteiger partial charge in [0, 0.05) is 45.9 Å². The SMILES string of the molecule is COC(=O)[C@@H](NC(=O)NCc1cccc[n+]1CCCCCCCCCCC[Si](OC)(OC)OC)C(C)C. The second-order valence-electron chi connectivity index (χ2n) is 9.68. The number of carbonyl (C=O) groups is 2. The molecule has 1 rings (SSSR count). The average Bonchev–Trinajstić information content (AvgIpc) is 2.91. The number of hydrogen-bond donors (Lipinski definition) is 2. The van der Waals surface area contributed by atoms with Crippen LogP contribution in [0.2, 0.25) is 6.04 Å². The zero-order chi connectivity index (χ0) is 27.5. The summed E-state index contributed by atoms with van der Waals surface area (Å²) in [4.78, 5) is 24.2. The smallest absolute Gasteiger partial charge is 0.467 e. The van der Waals surface area contributed by atoms with E-state index in [4.69, 9.17) is 18.0 Å². The summed E-state index contributed by atoms with van der Waals surface area (Å²) in [5.41, 5.74) is 1.03. The molecule has 0 aromatic carbocycles. The second kappa shape index (κ2) is 19.1. The largest absolute Gasteiger partial charge is 0.500 e. The highest BCUT2D eigenvalue weighted by Gasteiger charge is 2.36. The quantitative estimate of drug-likeness (QED) is 0.110. The van der Waals surface area contributed by atoms with Gasteiger partial charge in [-0.2, -0.15) is 0 Å². The van der Waals surface area contributed by atoms with Gasteiger partial charge in [-0.25, -0.2) is 14.2 Å². The van der Waals surface area contributed by atoms with E-state index < -0.39 is 20.8 Å². The molecule has 0 bridgehead atoms. The number of nitrogens with zero attached hydrogens (tertiary/aromatic N) is 1. The van der Waals surface area contributed by atoms with Crippen LogP contribution in [0.3, 0.4) is 0 Å². The molecule has 0 aliphatic rings. The number of pyridine rings is 1. The van der Waals surface area contributed by atoms with Gasteiger partial charge in [0.2, 0.25) is 5.69 Å². The van der Waals surface area contributed by atoms with Crippen molar-refractivity contribution >= 4 is 20.8 Å². The summed E-state index contributed by atoms with van der Waals surface area (Å²) in [6.45, 7) is 5.04. The molecule has 1 aromatic heterocycles. The fourth-order valence-electron chi connectivity index (χ4n) is 4.30. The first kappa shape index (κ1) is 33.0. The van der Waals surface area contributed by atoms with E-state index in [1.165, 1.54) is 52.1 Å². The maximum Gasteiger partial charge on any atom is 0.500 e. The molecular weight excluding hydrogens is 490 g/mol. The van der Waals surface area contributed by atoms with Crippen LogP contribution in [0.5, 0.6) is 0 Å². The molecule has 0 aliphatic heterocycles. The van der Waals surface area contributed by atoms with Gasteiger partial charge in [-0.3, -0.25) is 0 Å². The van der Waals surface area contributed by atoms with Crippen LogP contribution < -0.4 is 15.2 Å². The molecule has 0 aliphatic carbocycles. The highest BCUT2D eigenvalue weighted by molar-refractivity contribution is 6.60. The van der Waals surface area contributed by atoms with Gasteiger partial charge in [-0.05, 0) is 18.8 Å². The van der Waals surface area contributed by atoms with Gasteiger partial charge in [-0.1, -0.05) is 58.4 Å². The molecule has 0 radical (unpaired) electrons. The third-order valence-electron chi connectivity index (χ3n) is 6.69. The van der Waals surface area contributed by atoms with E-state index in [2.05, 4.69) is 21.4 Å². The van der Waals surface area contributed by atoms with E-state index in [9.17, 15) is 9.59 Å². The molecular formula is C27H50N3O6Si+. The standard InChI is InChI=1S/C27H49N3O6Si/c1-23(2)25(26(31)33-3)29-27(32)28-22-24-18-14-16-20-30(24)19-15-12-10-8-7-9-11-13-17-21-37(34-4,35-5)36-6/h14,16,18,20,23,25H,7-13,15,17,19,21-22H2,1-6H3,(H-,28,29,32)/p+1/t25-/m0/s1. The van der Waals surface area contributed by atoms with Crippen molar-refractivity contribution in [2.45, 2.75) is 96.8 Å². The Morgan fingerprint density at radius 2 is 1.43 bits per heavy atom. The normalized spacial score (nSPS) is 12.4. The van der Waals surface area contributed by atoms with E-state index in [1.807, 2.05) is 32.0 Å². The van der Waals surface area contributed by atoms with Gasteiger partial charge in [0.05, 0.1) is 7.11 Å². The first-order valence-corrected chi connectivity index (χ1v) is 15.5. The van der Waals surface area contributed by atoms with Crippen molar-refractivity contribution in [1.82, 2.24) is 10.6 Å². The Labute approximate surface area is 225 Å². The summed E-state index contributed by atoms with van der Waals surface area (Å²) in [5.74, 6) is -0.502. The lowest BCUT2D eigenvalue weighted by molar-refractivity contribution is -0.704. The number of esters is 1. The topological polar surface area (TPSA) is 99.0 Å². The first-order valence-electron chi connectivity index (χ1n) is 13.6. The molecule has 1 aromatic rings. The summed E-state index contributed by atoms with van der Waals surface area (Å²) >= 11 is 0. The molecule has 9 nitrogen and oxygen atoms in total. The summed E-state index contributed by atoms with van der Waals surface area (Å²) in [6.07, 6.45) is 12.9. The molecule has 2 N–H and O–H groups in total. The van der Waals surface area contributed by atoms with Crippen LogP contribution in [0.1, 0.15) is 77.3 Å². The van der Waals surface area contributed by atoms with Crippen LogP contribution in [0.15, 0.2) is 24.4 Å². The van der Waals surface area contributed by atoms with Crippen molar-refractivity contribution in [2.24, 2.45) is 5.92 Å². The Kier molecular flexibility index (Phi) is 17.1. The molecule has 2 amide bonds. The molecule has 37 heavy (non-hydrogen) atoms. The Morgan fingerprint density at radius 1 is 0.865 bits per heavy atom. The molecule has 0 fully saturated rings. The molecule has 0 saturated carbocycles. The van der Waals surface area contributed by atoms with Crippen molar-refractivity contribution in [2.75, 3.05) is 28.4 Å². The van der Waals surface area contributed by atoms with Crippen LogP contribution >= 0.6 is 0 Å². The monoisotopic (exact) mass is 540 g/mol. The summed E-state index contributed by atoms with van der Waals surface area (Å²) < 4.78 is 23.4. The summed E-state index contributed by atoms with van der Waals surface area (Å²) in [7, 11) is 3.93. The highest BCUT2D eigenvalue weighted by Crippen LogP contribution is 2.18. The van der Waals surface area contributed by atoms with Crippen molar-refractivity contribution in [3.8, 4) is 0 Å². The number of unbranched alkanes of at least 4 members (excludes halogenated alkanes) is 8. The van der Waals surface area contributed by atoms with Gasteiger partial charge in [-0.15, -0.1) is 0 Å². The van der Waals surface area contributed by atoms with Gasteiger partial charge in [0.25, 0.3) is 0 Å². The minimum Gasteiger partial charge on any atom is -0.467 e. The number of hydrogen-bond acceptors (Lipinski definition) is 6. The number of rotatable bonds is 20. The Bertz CT molecular complexity index is 768. The van der Waals surface area contributed by atoms with Crippen LogP contribution in [0.4, 0.5) is 4.79 Å². The minimum absolute atomic E-state index is 0.0608. The fourth-order valence-corrected chi connectivity index (χ4v) is 6.09. The lowest BCUT2D eigenvalue weighted by atomic mass is 10.1. The van der Waals surface area contributed by atoms with E-state index in [0.717, 1.165) is 31.1 Å². The number of nitrogens with one attached hydrogen (secondary N) is 2. The number of urea groups is 1. The maximum atomic E-state index is 12.3. The predicted molar refractivity (Wildman–Crippen MR) is 146 cm³/mol.